The van der Waals surface area contributed by atoms with E-state index in [0.717, 1.165) is 36.3 Å². The molecule has 1 aliphatic heterocycles. The van der Waals surface area contributed by atoms with E-state index in [9.17, 15) is 9.59 Å². The first-order valence-electron chi connectivity index (χ1n) is 9.96. The number of fused-ring (bicyclic) bond motifs is 2. The lowest BCUT2D eigenvalue weighted by Crippen LogP contribution is -2.48. The largest absolute Gasteiger partial charge is 0.444 e. The van der Waals surface area contributed by atoms with Crippen LogP contribution in [0.3, 0.4) is 0 Å². The van der Waals surface area contributed by atoms with Gasteiger partial charge >= 0.3 is 6.09 Å². The third-order valence-electron chi connectivity index (χ3n) is 5.70. The first kappa shape index (κ1) is 19.2. The van der Waals surface area contributed by atoms with Gasteiger partial charge in [0.25, 0.3) is 5.91 Å². The molecule has 152 valence electrons. The van der Waals surface area contributed by atoms with Gasteiger partial charge in [-0.25, -0.2) is 9.78 Å². The Bertz CT molecular complexity index is 897. The fraction of sp³-hybridized carbons (Fsp3) is 0.650. The maximum absolute atomic E-state index is 12.9. The summed E-state index contributed by atoms with van der Waals surface area (Å²) in [7, 11) is 0. The average molecular weight is 405 g/mol. The molecule has 3 heterocycles. The molecule has 2 fully saturated rings. The highest BCUT2D eigenvalue weighted by Crippen LogP contribution is 2.41. The molecule has 0 aromatic carbocycles. The van der Waals surface area contributed by atoms with Crippen molar-refractivity contribution in [3.05, 3.63) is 23.0 Å². The van der Waals surface area contributed by atoms with E-state index in [4.69, 9.17) is 4.74 Å². The summed E-state index contributed by atoms with van der Waals surface area (Å²) in [6.45, 7) is 7.94. The van der Waals surface area contributed by atoms with Crippen molar-refractivity contribution in [1.29, 1.82) is 0 Å². The standard InChI is InChI=1S/C20H28N4O3S/c1-12-16(23-8-9-28-18(23)22-12)17(25)21-11-14-10-13-6-5-7-15(13)24(14)19(26)27-20(2,3)4/h8-9,13-15H,5-7,10-11H2,1-4H3,(H,21,25)/t13-,14-,15-/m0/s1. The van der Waals surface area contributed by atoms with Gasteiger partial charge in [0.2, 0.25) is 0 Å². The molecule has 2 aliphatic rings. The van der Waals surface area contributed by atoms with Crippen molar-refractivity contribution < 1.29 is 14.3 Å². The molecule has 28 heavy (non-hydrogen) atoms. The molecular formula is C20H28N4O3S. The number of likely N-dealkylation sites (tertiary alicyclic amines) is 1. The zero-order valence-corrected chi connectivity index (χ0v) is 17.7. The molecule has 1 saturated carbocycles. The number of carbonyl (C=O) groups excluding carboxylic acids is 2. The van der Waals surface area contributed by atoms with Crippen molar-refractivity contribution in [3.63, 3.8) is 0 Å². The number of aryl methyl sites for hydroxylation is 1. The topological polar surface area (TPSA) is 75.9 Å². The molecule has 0 spiro atoms. The Hall–Kier alpha value is -2.09. The average Bonchev–Trinajstić information content (AvgIpc) is 3.30. The smallest absolute Gasteiger partial charge is 0.410 e. The van der Waals surface area contributed by atoms with Crippen molar-refractivity contribution in [2.75, 3.05) is 6.54 Å². The summed E-state index contributed by atoms with van der Waals surface area (Å²) in [4.78, 5) is 32.9. The summed E-state index contributed by atoms with van der Waals surface area (Å²) in [5.41, 5.74) is 0.760. The molecule has 2 aromatic rings. The molecule has 7 nitrogen and oxygen atoms in total. The monoisotopic (exact) mass is 404 g/mol. The number of imidazole rings is 1. The van der Waals surface area contributed by atoms with Crippen LogP contribution in [0.1, 0.15) is 62.6 Å². The van der Waals surface area contributed by atoms with Gasteiger partial charge in [0.1, 0.15) is 11.3 Å². The van der Waals surface area contributed by atoms with E-state index < -0.39 is 5.60 Å². The van der Waals surface area contributed by atoms with Crippen LogP contribution in [0.4, 0.5) is 4.79 Å². The minimum Gasteiger partial charge on any atom is -0.444 e. The van der Waals surface area contributed by atoms with Gasteiger partial charge in [0, 0.05) is 24.2 Å². The molecule has 3 atom stereocenters. The third-order valence-corrected chi connectivity index (χ3v) is 6.46. The van der Waals surface area contributed by atoms with Gasteiger partial charge in [-0.05, 0) is 52.9 Å². The zero-order chi connectivity index (χ0) is 20.1. The Balaban J connectivity index is 1.48. The van der Waals surface area contributed by atoms with Crippen LogP contribution < -0.4 is 5.32 Å². The van der Waals surface area contributed by atoms with Crippen LogP contribution >= 0.6 is 11.3 Å². The molecule has 0 bridgehead atoms. The van der Waals surface area contributed by atoms with Crippen LogP contribution in [0.2, 0.25) is 0 Å². The second-order valence-electron chi connectivity index (χ2n) is 8.85. The lowest BCUT2D eigenvalue weighted by molar-refractivity contribution is 0.0138. The highest BCUT2D eigenvalue weighted by atomic mass is 32.1. The highest BCUT2D eigenvalue weighted by Gasteiger charge is 2.47. The molecule has 2 aromatic heterocycles. The maximum atomic E-state index is 12.9. The number of hydrogen-bond acceptors (Lipinski definition) is 5. The van der Waals surface area contributed by atoms with Crippen molar-refractivity contribution >= 4 is 28.3 Å². The van der Waals surface area contributed by atoms with E-state index in [2.05, 4.69) is 10.3 Å². The van der Waals surface area contributed by atoms with Crippen LogP contribution in [0.5, 0.6) is 0 Å². The molecule has 2 amide bonds. The molecule has 4 rings (SSSR count). The Morgan fingerprint density at radius 2 is 2.14 bits per heavy atom. The second-order valence-corrected chi connectivity index (χ2v) is 9.72. The van der Waals surface area contributed by atoms with Gasteiger partial charge < -0.3 is 15.0 Å². The summed E-state index contributed by atoms with van der Waals surface area (Å²) in [6, 6.07) is 0.206. The van der Waals surface area contributed by atoms with E-state index in [1.165, 1.54) is 11.3 Å². The summed E-state index contributed by atoms with van der Waals surface area (Å²) in [5, 5.41) is 4.96. The van der Waals surface area contributed by atoms with E-state index >= 15 is 0 Å². The molecule has 1 saturated heterocycles. The second kappa shape index (κ2) is 7.06. The van der Waals surface area contributed by atoms with Gasteiger partial charge in [0.05, 0.1) is 11.7 Å². The SMILES string of the molecule is Cc1nc2sccn2c1C(=O)NC[C@@H]1C[C@@H]2CCC[C@@H]2N1C(=O)OC(C)(C)C. The predicted octanol–water partition coefficient (Wildman–Crippen LogP) is 3.61. The Kier molecular flexibility index (Phi) is 4.85. The zero-order valence-electron chi connectivity index (χ0n) is 16.9. The van der Waals surface area contributed by atoms with Crippen LogP contribution in [-0.4, -0.2) is 50.5 Å². The minimum absolute atomic E-state index is 0.0275. The molecular weight excluding hydrogens is 376 g/mol. The molecule has 8 heteroatoms. The third kappa shape index (κ3) is 3.50. The van der Waals surface area contributed by atoms with E-state index in [1.807, 2.05) is 48.6 Å². The van der Waals surface area contributed by atoms with Gasteiger partial charge in [-0.3, -0.25) is 9.20 Å². The van der Waals surface area contributed by atoms with Crippen molar-refractivity contribution in [3.8, 4) is 0 Å². The number of aromatic nitrogens is 2. The number of hydrogen-bond donors (Lipinski definition) is 1. The van der Waals surface area contributed by atoms with Crippen LogP contribution in [0.25, 0.3) is 4.96 Å². The van der Waals surface area contributed by atoms with Gasteiger partial charge in [-0.2, -0.15) is 0 Å². The summed E-state index contributed by atoms with van der Waals surface area (Å²) in [5.74, 6) is 0.360. The Morgan fingerprint density at radius 1 is 1.36 bits per heavy atom. The molecule has 0 radical (unpaired) electrons. The fourth-order valence-corrected chi connectivity index (χ4v) is 5.39. The minimum atomic E-state index is -0.527. The number of thiazole rings is 1. The van der Waals surface area contributed by atoms with Crippen molar-refractivity contribution in [2.45, 2.75) is 71.1 Å². The number of amides is 2. The van der Waals surface area contributed by atoms with E-state index in [-0.39, 0.29) is 24.1 Å². The van der Waals surface area contributed by atoms with Crippen LogP contribution in [0.15, 0.2) is 11.6 Å². The van der Waals surface area contributed by atoms with Gasteiger partial charge in [-0.1, -0.05) is 6.42 Å². The molecule has 1 aliphatic carbocycles. The summed E-state index contributed by atoms with van der Waals surface area (Å²) < 4.78 is 7.49. The summed E-state index contributed by atoms with van der Waals surface area (Å²) in [6.07, 6.45) is 5.84. The number of nitrogens with one attached hydrogen (secondary N) is 1. The van der Waals surface area contributed by atoms with E-state index in [0.29, 0.717) is 18.2 Å². The molecule has 0 unspecified atom stereocenters. The first-order valence-corrected chi connectivity index (χ1v) is 10.8. The first-order chi connectivity index (χ1) is 13.2. The van der Waals surface area contributed by atoms with Crippen molar-refractivity contribution in [1.82, 2.24) is 19.6 Å². The van der Waals surface area contributed by atoms with Gasteiger partial charge in [-0.15, -0.1) is 11.3 Å². The quantitative estimate of drug-likeness (QED) is 0.848. The van der Waals surface area contributed by atoms with Crippen molar-refractivity contribution in [2.24, 2.45) is 5.92 Å². The predicted molar refractivity (Wildman–Crippen MR) is 108 cm³/mol. The Labute approximate surface area is 169 Å². The number of rotatable bonds is 3. The summed E-state index contributed by atoms with van der Waals surface area (Å²) >= 11 is 1.51. The van der Waals surface area contributed by atoms with E-state index in [1.54, 1.807) is 0 Å². The number of carbonyl (C=O) groups is 2. The van der Waals surface area contributed by atoms with Crippen LogP contribution in [0, 0.1) is 12.8 Å². The number of nitrogens with zero attached hydrogens (tertiary/aromatic N) is 3. The lowest BCUT2D eigenvalue weighted by Gasteiger charge is -2.32. The van der Waals surface area contributed by atoms with Crippen LogP contribution in [-0.2, 0) is 4.74 Å². The normalized spacial score (nSPS) is 24.6. The maximum Gasteiger partial charge on any atom is 0.410 e. The highest BCUT2D eigenvalue weighted by molar-refractivity contribution is 7.15. The Morgan fingerprint density at radius 3 is 2.89 bits per heavy atom. The fourth-order valence-electron chi connectivity index (χ4n) is 4.63. The molecule has 1 N–H and O–H groups in total. The number of ether oxygens (including phenoxy) is 1. The van der Waals surface area contributed by atoms with Gasteiger partial charge in [0.15, 0.2) is 4.96 Å². The lowest BCUT2D eigenvalue weighted by atomic mass is 10.0.